The molecule has 0 spiro atoms. The highest BCUT2D eigenvalue weighted by atomic mass is 16.5. The number of rotatable bonds is 4. The van der Waals surface area contributed by atoms with Gasteiger partial charge in [-0.15, -0.1) is 10.2 Å². The summed E-state index contributed by atoms with van der Waals surface area (Å²) < 4.78 is 4.99. The maximum Gasteiger partial charge on any atom is 0.252 e. The molecule has 0 saturated heterocycles. The molecule has 5 nitrogen and oxygen atoms in total. The molecule has 1 saturated carbocycles. The van der Waals surface area contributed by atoms with Crippen LogP contribution in [0.15, 0.2) is 36.4 Å². The van der Waals surface area contributed by atoms with Gasteiger partial charge in [-0.05, 0) is 25.0 Å². The van der Waals surface area contributed by atoms with Crippen LogP contribution in [-0.2, 0) is 0 Å². The van der Waals surface area contributed by atoms with Crippen molar-refractivity contribution in [3.8, 4) is 17.1 Å². The maximum atomic E-state index is 12.2. The van der Waals surface area contributed by atoms with Crippen LogP contribution in [0.1, 0.15) is 23.2 Å². The summed E-state index contributed by atoms with van der Waals surface area (Å²) in [6.07, 6.45) is 2.13. The van der Waals surface area contributed by atoms with Gasteiger partial charge in [0.2, 0.25) is 5.88 Å². The van der Waals surface area contributed by atoms with Crippen molar-refractivity contribution in [3.63, 3.8) is 0 Å². The number of hydrogen-bond acceptors (Lipinski definition) is 4. The van der Waals surface area contributed by atoms with Crippen LogP contribution in [0.25, 0.3) is 11.3 Å². The second-order valence-corrected chi connectivity index (χ2v) is 4.75. The summed E-state index contributed by atoms with van der Waals surface area (Å²) >= 11 is 0. The summed E-state index contributed by atoms with van der Waals surface area (Å²) in [7, 11) is 1.54. The molecule has 1 aromatic heterocycles. The Kier molecular flexibility index (Phi) is 3.33. The first kappa shape index (κ1) is 12.6. The molecule has 1 aliphatic carbocycles. The van der Waals surface area contributed by atoms with E-state index in [1.54, 1.807) is 25.3 Å². The number of amides is 1. The summed E-state index contributed by atoms with van der Waals surface area (Å²) in [6, 6.07) is 11.3. The lowest BCUT2D eigenvalue weighted by molar-refractivity contribution is 0.0951. The van der Waals surface area contributed by atoms with Crippen LogP contribution in [0.2, 0.25) is 0 Å². The molecule has 102 valence electrons. The SMILES string of the molecule is COc1ccc(-c2ccccc2C(=O)NC2CC2)nn1. The number of carbonyl (C=O) groups is 1. The van der Waals surface area contributed by atoms with Crippen LogP contribution in [-0.4, -0.2) is 29.3 Å². The molecule has 0 unspecified atom stereocenters. The van der Waals surface area contributed by atoms with Crippen LogP contribution in [0, 0.1) is 0 Å². The minimum Gasteiger partial charge on any atom is -0.480 e. The van der Waals surface area contributed by atoms with Gasteiger partial charge >= 0.3 is 0 Å². The molecule has 20 heavy (non-hydrogen) atoms. The number of ether oxygens (including phenoxy) is 1. The van der Waals surface area contributed by atoms with E-state index in [1.165, 1.54) is 0 Å². The molecule has 1 amide bonds. The lowest BCUT2D eigenvalue weighted by Gasteiger charge is -2.09. The molecule has 5 heteroatoms. The Hall–Kier alpha value is -2.43. The number of nitrogens with one attached hydrogen (secondary N) is 1. The molecule has 1 N–H and O–H groups in total. The molecular formula is C15H15N3O2. The third-order valence-corrected chi connectivity index (χ3v) is 3.21. The van der Waals surface area contributed by atoms with Crippen LogP contribution >= 0.6 is 0 Å². The van der Waals surface area contributed by atoms with Gasteiger partial charge in [0.05, 0.1) is 12.8 Å². The van der Waals surface area contributed by atoms with E-state index in [0.717, 1.165) is 18.4 Å². The van der Waals surface area contributed by atoms with E-state index < -0.39 is 0 Å². The Morgan fingerprint density at radius 1 is 1.20 bits per heavy atom. The number of methoxy groups -OCH3 is 1. The molecular weight excluding hydrogens is 254 g/mol. The topological polar surface area (TPSA) is 64.1 Å². The molecule has 1 aromatic carbocycles. The summed E-state index contributed by atoms with van der Waals surface area (Å²) in [5.74, 6) is 0.398. The summed E-state index contributed by atoms with van der Waals surface area (Å²) in [6.45, 7) is 0. The monoisotopic (exact) mass is 269 g/mol. The van der Waals surface area contributed by atoms with Crippen molar-refractivity contribution >= 4 is 5.91 Å². The Labute approximate surface area is 117 Å². The zero-order chi connectivity index (χ0) is 13.9. The smallest absolute Gasteiger partial charge is 0.252 e. The van der Waals surface area contributed by atoms with Crippen molar-refractivity contribution < 1.29 is 9.53 Å². The number of benzene rings is 1. The van der Waals surface area contributed by atoms with Crippen LogP contribution in [0.5, 0.6) is 5.88 Å². The average Bonchev–Trinajstić information content (AvgIpc) is 3.31. The molecule has 0 aliphatic heterocycles. The van der Waals surface area contributed by atoms with Crippen LogP contribution < -0.4 is 10.1 Å². The van der Waals surface area contributed by atoms with Gasteiger partial charge in [0, 0.05) is 23.2 Å². The Balaban J connectivity index is 1.93. The molecule has 2 aromatic rings. The summed E-state index contributed by atoms with van der Waals surface area (Å²) in [4.78, 5) is 12.2. The van der Waals surface area contributed by atoms with Crippen molar-refractivity contribution in [1.82, 2.24) is 15.5 Å². The first-order valence-electron chi connectivity index (χ1n) is 6.56. The molecule has 3 rings (SSSR count). The lowest BCUT2D eigenvalue weighted by atomic mass is 10.0. The molecule has 1 aliphatic rings. The second-order valence-electron chi connectivity index (χ2n) is 4.75. The zero-order valence-electron chi connectivity index (χ0n) is 11.2. The third-order valence-electron chi connectivity index (χ3n) is 3.21. The summed E-state index contributed by atoms with van der Waals surface area (Å²) in [5.41, 5.74) is 2.06. The van der Waals surface area contributed by atoms with Crippen molar-refractivity contribution in [2.45, 2.75) is 18.9 Å². The van der Waals surface area contributed by atoms with Crippen LogP contribution in [0.3, 0.4) is 0 Å². The molecule has 1 heterocycles. The Morgan fingerprint density at radius 3 is 2.65 bits per heavy atom. The molecule has 0 radical (unpaired) electrons. The fraction of sp³-hybridized carbons (Fsp3) is 0.267. The van der Waals surface area contributed by atoms with Crippen molar-refractivity contribution in [2.24, 2.45) is 0 Å². The van der Waals surface area contributed by atoms with E-state index in [2.05, 4.69) is 15.5 Å². The van der Waals surface area contributed by atoms with Gasteiger partial charge in [-0.3, -0.25) is 4.79 Å². The van der Waals surface area contributed by atoms with Crippen molar-refractivity contribution in [3.05, 3.63) is 42.0 Å². The minimum atomic E-state index is -0.0549. The standard InChI is InChI=1S/C15H15N3O2/c1-20-14-9-8-13(17-18-14)11-4-2-3-5-12(11)15(19)16-10-6-7-10/h2-5,8-10H,6-7H2,1H3,(H,16,19). The van der Waals surface area contributed by atoms with E-state index in [4.69, 9.17) is 4.74 Å². The maximum absolute atomic E-state index is 12.2. The van der Waals surface area contributed by atoms with E-state index >= 15 is 0 Å². The Morgan fingerprint density at radius 2 is 2.00 bits per heavy atom. The third kappa shape index (κ3) is 2.61. The van der Waals surface area contributed by atoms with Gasteiger partial charge in [0.25, 0.3) is 5.91 Å². The van der Waals surface area contributed by atoms with Gasteiger partial charge in [-0.25, -0.2) is 0 Å². The number of carbonyl (C=O) groups excluding carboxylic acids is 1. The fourth-order valence-electron chi connectivity index (χ4n) is 1.97. The van der Waals surface area contributed by atoms with Gasteiger partial charge in [-0.2, -0.15) is 0 Å². The largest absolute Gasteiger partial charge is 0.480 e. The van der Waals surface area contributed by atoms with Gasteiger partial charge < -0.3 is 10.1 Å². The van der Waals surface area contributed by atoms with Crippen LogP contribution in [0.4, 0.5) is 0 Å². The van der Waals surface area contributed by atoms with Gasteiger partial charge in [0.15, 0.2) is 0 Å². The van der Waals surface area contributed by atoms with Gasteiger partial charge in [-0.1, -0.05) is 18.2 Å². The quantitative estimate of drug-likeness (QED) is 0.922. The van der Waals surface area contributed by atoms with Gasteiger partial charge in [0.1, 0.15) is 0 Å². The van der Waals surface area contributed by atoms with E-state index in [1.807, 2.05) is 18.2 Å². The predicted molar refractivity (Wildman–Crippen MR) is 74.5 cm³/mol. The second kappa shape index (κ2) is 5.28. The van der Waals surface area contributed by atoms with E-state index in [-0.39, 0.29) is 5.91 Å². The number of hydrogen-bond donors (Lipinski definition) is 1. The highest BCUT2D eigenvalue weighted by Gasteiger charge is 2.25. The Bertz CT molecular complexity index is 621. The van der Waals surface area contributed by atoms with E-state index in [9.17, 15) is 4.79 Å². The normalized spacial score (nSPS) is 13.8. The van der Waals surface area contributed by atoms with E-state index in [0.29, 0.717) is 23.2 Å². The first-order valence-corrected chi connectivity index (χ1v) is 6.56. The highest BCUT2D eigenvalue weighted by molar-refractivity contribution is 6.00. The van der Waals surface area contributed by atoms with Crippen molar-refractivity contribution in [2.75, 3.05) is 7.11 Å². The number of aromatic nitrogens is 2. The number of nitrogens with zero attached hydrogens (tertiary/aromatic N) is 2. The molecule has 0 bridgehead atoms. The molecule has 0 atom stereocenters. The first-order chi connectivity index (χ1) is 9.78. The zero-order valence-corrected chi connectivity index (χ0v) is 11.2. The summed E-state index contributed by atoms with van der Waals surface area (Å²) in [5, 5.41) is 11.0. The minimum absolute atomic E-state index is 0.0549. The average molecular weight is 269 g/mol. The highest BCUT2D eigenvalue weighted by Crippen LogP contribution is 2.24. The lowest BCUT2D eigenvalue weighted by Crippen LogP contribution is -2.25. The molecule has 1 fully saturated rings. The van der Waals surface area contributed by atoms with Crippen molar-refractivity contribution in [1.29, 1.82) is 0 Å². The fourth-order valence-corrected chi connectivity index (χ4v) is 1.97. The predicted octanol–water partition coefficient (Wildman–Crippen LogP) is 2.04.